The van der Waals surface area contributed by atoms with Crippen LogP contribution in [0.5, 0.6) is 0 Å². The number of rotatable bonds is 4. The summed E-state index contributed by atoms with van der Waals surface area (Å²) < 4.78 is 0. The lowest BCUT2D eigenvalue weighted by molar-refractivity contribution is -0.138. The summed E-state index contributed by atoms with van der Waals surface area (Å²) in [6.45, 7) is 4.62. The van der Waals surface area contributed by atoms with Crippen LogP contribution in [-0.4, -0.2) is 60.1 Å². The Bertz CT molecular complexity index is 354. The van der Waals surface area contributed by atoms with E-state index in [1.165, 1.54) is 32.4 Å². The van der Waals surface area contributed by atoms with E-state index in [4.69, 9.17) is 5.11 Å². The summed E-state index contributed by atoms with van der Waals surface area (Å²) in [4.78, 5) is 16.0. The molecule has 2 aliphatic heterocycles. The number of carboxylic acid groups (broad SMARTS) is 1. The molecule has 0 aromatic carbocycles. The molecule has 4 nitrogen and oxygen atoms in total. The zero-order valence-electron chi connectivity index (χ0n) is 12.0. The minimum Gasteiger partial charge on any atom is -0.481 e. The van der Waals surface area contributed by atoms with Crippen LogP contribution in [0.15, 0.2) is 0 Å². The molecule has 1 saturated carbocycles. The second kappa shape index (κ2) is 5.06. The van der Waals surface area contributed by atoms with E-state index in [0.717, 1.165) is 37.9 Å². The van der Waals surface area contributed by atoms with Gasteiger partial charge in [0.1, 0.15) is 0 Å². The smallest absolute Gasteiger partial charge is 0.303 e. The SMILES string of the molecule is CN1CCCC2CN(CC3(CC(=O)O)CC3)CCC21. The molecule has 2 saturated heterocycles. The van der Waals surface area contributed by atoms with E-state index in [1.807, 2.05) is 0 Å². The van der Waals surface area contributed by atoms with Crippen molar-refractivity contribution in [1.29, 1.82) is 0 Å². The quantitative estimate of drug-likeness (QED) is 0.840. The van der Waals surface area contributed by atoms with Crippen LogP contribution in [0.3, 0.4) is 0 Å². The Kier molecular flexibility index (Phi) is 3.56. The van der Waals surface area contributed by atoms with Gasteiger partial charge in [0.25, 0.3) is 0 Å². The fraction of sp³-hybridized carbons (Fsp3) is 0.933. The van der Waals surface area contributed by atoms with E-state index in [0.29, 0.717) is 6.42 Å². The van der Waals surface area contributed by atoms with Gasteiger partial charge in [0.15, 0.2) is 0 Å². The summed E-state index contributed by atoms with van der Waals surface area (Å²) in [5.41, 5.74) is 0.124. The van der Waals surface area contributed by atoms with Gasteiger partial charge in [-0.25, -0.2) is 0 Å². The highest BCUT2D eigenvalue weighted by atomic mass is 16.4. The van der Waals surface area contributed by atoms with E-state index in [1.54, 1.807) is 0 Å². The summed E-state index contributed by atoms with van der Waals surface area (Å²) in [7, 11) is 2.26. The second-order valence-corrected chi connectivity index (χ2v) is 7.04. The van der Waals surface area contributed by atoms with Gasteiger partial charge in [-0.05, 0) is 63.6 Å². The first-order valence-electron chi connectivity index (χ1n) is 7.72. The molecule has 0 aromatic rings. The minimum atomic E-state index is -0.621. The predicted molar refractivity (Wildman–Crippen MR) is 74.1 cm³/mol. The van der Waals surface area contributed by atoms with Crippen molar-refractivity contribution in [3.8, 4) is 0 Å². The van der Waals surface area contributed by atoms with Crippen molar-refractivity contribution < 1.29 is 9.90 Å². The molecular weight excluding hydrogens is 240 g/mol. The molecule has 2 unspecified atom stereocenters. The Hall–Kier alpha value is -0.610. The van der Waals surface area contributed by atoms with Crippen LogP contribution in [-0.2, 0) is 4.79 Å². The van der Waals surface area contributed by atoms with Crippen molar-refractivity contribution in [2.24, 2.45) is 11.3 Å². The van der Waals surface area contributed by atoms with Gasteiger partial charge in [0.2, 0.25) is 0 Å². The Labute approximate surface area is 115 Å². The highest BCUT2D eigenvalue weighted by molar-refractivity contribution is 5.68. The highest BCUT2D eigenvalue weighted by Crippen LogP contribution is 2.50. The van der Waals surface area contributed by atoms with E-state index in [2.05, 4.69) is 16.8 Å². The van der Waals surface area contributed by atoms with E-state index >= 15 is 0 Å². The van der Waals surface area contributed by atoms with Gasteiger partial charge < -0.3 is 14.9 Å². The minimum absolute atomic E-state index is 0.124. The van der Waals surface area contributed by atoms with Crippen LogP contribution in [0.1, 0.15) is 38.5 Å². The molecule has 19 heavy (non-hydrogen) atoms. The van der Waals surface area contributed by atoms with Gasteiger partial charge in [0.05, 0.1) is 6.42 Å². The first kappa shape index (κ1) is 13.4. The predicted octanol–water partition coefficient (Wildman–Crippen LogP) is 1.66. The molecule has 1 aliphatic carbocycles. The summed E-state index contributed by atoms with van der Waals surface area (Å²) in [5.74, 6) is 0.193. The third-order valence-electron chi connectivity index (χ3n) is 5.47. The zero-order valence-corrected chi connectivity index (χ0v) is 12.0. The average molecular weight is 266 g/mol. The third-order valence-corrected chi connectivity index (χ3v) is 5.47. The van der Waals surface area contributed by atoms with Crippen LogP contribution in [0.2, 0.25) is 0 Å². The molecule has 4 heteroatoms. The van der Waals surface area contributed by atoms with Crippen LogP contribution in [0, 0.1) is 11.3 Å². The van der Waals surface area contributed by atoms with Gasteiger partial charge in [-0.15, -0.1) is 0 Å². The Morgan fingerprint density at radius 2 is 2.11 bits per heavy atom. The number of piperidine rings is 2. The number of carboxylic acids is 1. The van der Waals surface area contributed by atoms with Crippen molar-refractivity contribution in [2.45, 2.75) is 44.6 Å². The van der Waals surface area contributed by atoms with Gasteiger partial charge in [0, 0.05) is 19.1 Å². The topological polar surface area (TPSA) is 43.8 Å². The number of likely N-dealkylation sites (tertiary alicyclic amines) is 2. The van der Waals surface area contributed by atoms with Crippen LogP contribution < -0.4 is 0 Å². The first-order chi connectivity index (χ1) is 9.08. The lowest BCUT2D eigenvalue weighted by Gasteiger charge is -2.46. The molecule has 3 fully saturated rings. The fourth-order valence-electron chi connectivity index (χ4n) is 4.23. The highest BCUT2D eigenvalue weighted by Gasteiger charge is 2.46. The van der Waals surface area contributed by atoms with E-state index in [9.17, 15) is 4.79 Å². The lowest BCUT2D eigenvalue weighted by Crippen LogP contribution is -2.53. The van der Waals surface area contributed by atoms with Crippen molar-refractivity contribution >= 4 is 5.97 Å². The molecule has 0 spiro atoms. The van der Waals surface area contributed by atoms with E-state index in [-0.39, 0.29) is 5.41 Å². The van der Waals surface area contributed by atoms with Gasteiger partial charge in [-0.2, -0.15) is 0 Å². The fourth-order valence-corrected chi connectivity index (χ4v) is 4.23. The van der Waals surface area contributed by atoms with E-state index < -0.39 is 5.97 Å². The lowest BCUT2D eigenvalue weighted by atomic mass is 9.83. The largest absolute Gasteiger partial charge is 0.481 e. The van der Waals surface area contributed by atoms with Crippen LogP contribution >= 0.6 is 0 Å². The first-order valence-corrected chi connectivity index (χ1v) is 7.72. The standard InChI is InChI=1S/C15H26N2O2/c1-16-7-2-3-12-10-17(8-4-13(12)16)11-15(5-6-15)9-14(18)19/h12-13H,2-11H2,1H3,(H,18,19). The third kappa shape index (κ3) is 2.95. The molecule has 0 bridgehead atoms. The van der Waals surface area contributed by atoms with Crippen LogP contribution in [0.4, 0.5) is 0 Å². The number of aliphatic carboxylic acids is 1. The number of fused-ring (bicyclic) bond motifs is 1. The zero-order chi connectivity index (χ0) is 13.5. The number of hydrogen-bond donors (Lipinski definition) is 1. The molecule has 3 aliphatic rings. The average Bonchev–Trinajstić information content (AvgIpc) is 3.07. The maximum atomic E-state index is 10.9. The normalized spacial score (nSPS) is 34.8. The van der Waals surface area contributed by atoms with Gasteiger partial charge in [-0.1, -0.05) is 0 Å². The summed E-state index contributed by atoms with van der Waals surface area (Å²) in [5, 5.41) is 9.02. The number of hydrogen-bond acceptors (Lipinski definition) is 3. The van der Waals surface area contributed by atoms with Crippen molar-refractivity contribution in [2.75, 3.05) is 33.2 Å². The Morgan fingerprint density at radius 1 is 1.32 bits per heavy atom. The number of carbonyl (C=O) groups is 1. The molecule has 2 atom stereocenters. The molecule has 0 aromatic heterocycles. The van der Waals surface area contributed by atoms with Gasteiger partial charge in [-0.3, -0.25) is 4.79 Å². The monoisotopic (exact) mass is 266 g/mol. The summed E-state index contributed by atoms with van der Waals surface area (Å²) in [6, 6.07) is 0.777. The maximum Gasteiger partial charge on any atom is 0.303 e. The molecule has 1 N–H and O–H groups in total. The number of nitrogens with zero attached hydrogens (tertiary/aromatic N) is 2. The second-order valence-electron chi connectivity index (χ2n) is 7.04. The Balaban J connectivity index is 1.55. The molecule has 3 rings (SSSR count). The summed E-state index contributed by atoms with van der Waals surface area (Å²) >= 11 is 0. The molecule has 0 radical (unpaired) electrons. The van der Waals surface area contributed by atoms with Crippen molar-refractivity contribution in [3.63, 3.8) is 0 Å². The molecule has 0 amide bonds. The van der Waals surface area contributed by atoms with Crippen LogP contribution in [0.25, 0.3) is 0 Å². The summed E-state index contributed by atoms with van der Waals surface area (Å²) in [6.07, 6.45) is 6.55. The van der Waals surface area contributed by atoms with Gasteiger partial charge >= 0.3 is 5.97 Å². The maximum absolute atomic E-state index is 10.9. The van der Waals surface area contributed by atoms with Crippen molar-refractivity contribution in [3.05, 3.63) is 0 Å². The molecule has 2 heterocycles. The molecular formula is C15H26N2O2. The molecule has 108 valence electrons. The van der Waals surface area contributed by atoms with Crippen molar-refractivity contribution in [1.82, 2.24) is 9.80 Å². The Morgan fingerprint density at radius 3 is 2.79 bits per heavy atom.